The van der Waals surface area contributed by atoms with Gasteiger partial charge in [0.15, 0.2) is 0 Å². The fraction of sp³-hybridized carbons (Fsp3) is 0.562. The molecule has 0 saturated carbocycles. The largest absolute Gasteiger partial charge is 0.467 e. The molecular weight excluding hydrogens is 312 g/mol. The number of nitrogens with one attached hydrogen (secondary N) is 2. The third-order valence-corrected chi connectivity index (χ3v) is 4.47. The van der Waals surface area contributed by atoms with Crippen LogP contribution in [0.2, 0.25) is 0 Å². The number of carbonyl (C=O) groups is 3. The molecule has 2 saturated heterocycles. The van der Waals surface area contributed by atoms with E-state index >= 15 is 0 Å². The van der Waals surface area contributed by atoms with Gasteiger partial charge in [0.2, 0.25) is 5.91 Å². The predicted molar refractivity (Wildman–Crippen MR) is 84.9 cm³/mol. The van der Waals surface area contributed by atoms with Crippen LogP contribution in [0.1, 0.15) is 26.0 Å². The second kappa shape index (κ2) is 6.27. The van der Waals surface area contributed by atoms with Crippen LogP contribution in [-0.2, 0) is 16.1 Å². The van der Waals surface area contributed by atoms with E-state index in [1.807, 2.05) is 18.7 Å². The molecule has 1 spiro atoms. The van der Waals surface area contributed by atoms with Gasteiger partial charge in [-0.2, -0.15) is 0 Å². The molecule has 3 rings (SSSR count). The number of amides is 4. The second-order valence-electron chi connectivity index (χ2n) is 6.60. The standard InChI is InChI=1S/C16H22N4O4/c1-11(2)20-14(22)16(18-15(20)23)5-6-19(10-16)9-13(21)17-8-12-4-3-7-24-12/h3-4,7,11H,5-6,8-10H2,1-2H3,(H,17,21)(H,18,23)/t16-/m1/s1. The molecule has 0 aromatic carbocycles. The van der Waals surface area contributed by atoms with Crippen molar-refractivity contribution < 1.29 is 18.8 Å². The van der Waals surface area contributed by atoms with Crippen LogP contribution in [0.4, 0.5) is 4.79 Å². The Labute approximate surface area is 140 Å². The zero-order valence-electron chi connectivity index (χ0n) is 13.9. The van der Waals surface area contributed by atoms with E-state index in [0.717, 1.165) is 0 Å². The van der Waals surface area contributed by atoms with Crippen molar-refractivity contribution in [1.29, 1.82) is 0 Å². The van der Waals surface area contributed by atoms with Crippen LogP contribution < -0.4 is 10.6 Å². The molecule has 1 atom stereocenters. The quantitative estimate of drug-likeness (QED) is 0.755. The van der Waals surface area contributed by atoms with E-state index in [9.17, 15) is 14.4 Å². The molecule has 1 aromatic rings. The molecule has 8 heteroatoms. The van der Waals surface area contributed by atoms with Crippen molar-refractivity contribution >= 4 is 17.8 Å². The van der Waals surface area contributed by atoms with Crippen molar-refractivity contribution in [3.63, 3.8) is 0 Å². The Morgan fingerprint density at radius 1 is 1.46 bits per heavy atom. The highest BCUT2D eigenvalue weighted by Crippen LogP contribution is 2.29. The summed E-state index contributed by atoms with van der Waals surface area (Å²) in [6, 6.07) is 3.03. The van der Waals surface area contributed by atoms with E-state index in [-0.39, 0.29) is 30.4 Å². The number of furan rings is 1. The first kappa shape index (κ1) is 16.5. The van der Waals surface area contributed by atoms with E-state index in [2.05, 4.69) is 10.6 Å². The summed E-state index contributed by atoms with van der Waals surface area (Å²) < 4.78 is 5.16. The molecule has 130 valence electrons. The molecule has 8 nitrogen and oxygen atoms in total. The first-order valence-electron chi connectivity index (χ1n) is 8.08. The summed E-state index contributed by atoms with van der Waals surface area (Å²) in [5.41, 5.74) is -0.886. The van der Waals surface area contributed by atoms with Crippen LogP contribution in [0.15, 0.2) is 22.8 Å². The summed E-state index contributed by atoms with van der Waals surface area (Å²) in [5.74, 6) is 0.356. The molecule has 0 aliphatic carbocycles. The predicted octanol–water partition coefficient (Wildman–Crippen LogP) is 0.301. The number of rotatable bonds is 5. The minimum absolute atomic E-state index is 0.138. The topological polar surface area (TPSA) is 94.9 Å². The Balaban J connectivity index is 1.54. The van der Waals surface area contributed by atoms with E-state index in [4.69, 9.17) is 4.42 Å². The van der Waals surface area contributed by atoms with Crippen molar-refractivity contribution in [1.82, 2.24) is 20.4 Å². The number of nitrogens with zero attached hydrogens (tertiary/aromatic N) is 2. The molecule has 0 radical (unpaired) electrons. The maximum Gasteiger partial charge on any atom is 0.325 e. The highest BCUT2D eigenvalue weighted by atomic mass is 16.3. The third kappa shape index (κ3) is 3.01. The van der Waals surface area contributed by atoms with Crippen molar-refractivity contribution in [3.05, 3.63) is 24.2 Å². The summed E-state index contributed by atoms with van der Waals surface area (Å²) in [6.07, 6.45) is 2.08. The second-order valence-corrected chi connectivity index (χ2v) is 6.60. The summed E-state index contributed by atoms with van der Waals surface area (Å²) in [5, 5.41) is 5.60. The van der Waals surface area contributed by atoms with Gasteiger partial charge in [0.1, 0.15) is 11.3 Å². The lowest BCUT2D eigenvalue weighted by atomic mass is 9.98. The highest BCUT2D eigenvalue weighted by molar-refractivity contribution is 6.07. The van der Waals surface area contributed by atoms with E-state index in [0.29, 0.717) is 31.8 Å². The Morgan fingerprint density at radius 3 is 2.88 bits per heavy atom. The van der Waals surface area contributed by atoms with Gasteiger partial charge in [-0.15, -0.1) is 0 Å². The normalized spacial score (nSPS) is 24.2. The average Bonchev–Trinajstić information content (AvgIpc) is 3.19. The SMILES string of the molecule is CC(C)N1C(=O)N[C@@]2(CCN(CC(=O)NCc3ccco3)C2)C1=O. The molecule has 3 heterocycles. The molecule has 1 aromatic heterocycles. The molecule has 2 aliphatic heterocycles. The van der Waals surface area contributed by atoms with Crippen molar-refractivity contribution in [3.8, 4) is 0 Å². The minimum Gasteiger partial charge on any atom is -0.467 e. The van der Waals surface area contributed by atoms with Crippen LogP contribution >= 0.6 is 0 Å². The molecule has 0 bridgehead atoms. The monoisotopic (exact) mass is 334 g/mol. The summed E-state index contributed by atoms with van der Waals surface area (Å²) >= 11 is 0. The summed E-state index contributed by atoms with van der Waals surface area (Å²) in [6.45, 7) is 5.09. The Bertz CT molecular complexity index is 643. The maximum absolute atomic E-state index is 12.6. The minimum atomic E-state index is -0.886. The molecule has 2 fully saturated rings. The average molecular weight is 334 g/mol. The van der Waals surface area contributed by atoms with Gasteiger partial charge in [-0.25, -0.2) is 4.79 Å². The van der Waals surface area contributed by atoms with Crippen LogP contribution in [0, 0.1) is 0 Å². The summed E-state index contributed by atoms with van der Waals surface area (Å²) in [7, 11) is 0. The number of imide groups is 1. The number of likely N-dealkylation sites (tertiary alicyclic amines) is 1. The summed E-state index contributed by atoms with van der Waals surface area (Å²) in [4.78, 5) is 39.8. The highest BCUT2D eigenvalue weighted by Gasteiger charge is 2.55. The van der Waals surface area contributed by atoms with Gasteiger partial charge in [-0.05, 0) is 32.4 Å². The van der Waals surface area contributed by atoms with Crippen LogP contribution in [0.5, 0.6) is 0 Å². The molecule has 24 heavy (non-hydrogen) atoms. The molecule has 2 aliphatic rings. The Morgan fingerprint density at radius 2 is 2.25 bits per heavy atom. The zero-order chi connectivity index (χ0) is 17.3. The van der Waals surface area contributed by atoms with Gasteiger partial charge in [0.25, 0.3) is 5.91 Å². The van der Waals surface area contributed by atoms with Gasteiger partial charge in [-0.1, -0.05) is 0 Å². The fourth-order valence-electron chi connectivity index (χ4n) is 3.27. The molecular formula is C16H22N4O4. The first-order valence-corrected chi connectivity index (χ1v) is 8.08. The maximum atomic E-state index is 12.6. The lowest BCUT2D eigenvalue weighted by Crippen LogP contribution is -2.50. The van der Waals surface area contributed by atoms with Gasteiger partial charge < -0.3 is 15.1 Å². The zero-order valence-corrected chi connectivity index (χ0v) is 13.9. The number of hydrogen-bond donors (Lipinski definition) is 2. The number of carbonyl (C=O) groups excluding carboxylic acids is 3. The van der Waals surface area contributed by atoms with E-state index in [1.165, 1.54) is 4.90 Å². The van der Waals surface area contributed by atoms with Crippen molar-refractivity contribution in [2.24, 2.45) is 0 Å². The van der Waals surface area contributed by atoms with E-state index in [1.54, 1.807) is 18.4 Å². The van der Waals surface area contributed by atoms with Gasteiger partial charge >= 0.3 is 6.03 Å². The fourth-order valence-corrected chi connectivity index (χ4v) is 3.27. The van der Waals surface area contributed by atoms with Crippen LogP contribution in [-0.4, -0.2) is 58.9 Å². The molecule has 0 unspecified atom stereocenters. The smallest absolute Gasteiger partial charge is 0.325 e. The lowest BCUT2D eigenvalue weighted by molar-refractivity contribution is -0.132. The first-order chi connectivity index (χ1) is 11.4. The lowest BCUT2D eigenvalue weighted by Gasteiger charge is -2.23. The Kier molecular flexibility index (Phi) is 4.31. The van der Waals surface area contributed by atoms with E-state index < -0.39 is 5.54 Å². The van der Waals surface area contributed by atoms with Gasteiger partial charge in [0, 0.05) is 19.1 Å². The van der Waals surface area contributed by atoms with Crippen LogP contribution in [0.3, 0.4) is 0 Å². The van der Waals surface area contributed by atoms with Gasteiger partial charge in [0.05, 0.1) is 19.4 Å². The van der Waals surface area contributed by atoms with Crippen molar-refractivity contribution in [2.75, 3.05) is 19.6 Å². The molecule has 4 amide bonds. The number of urea groups is 1. The Hall–Kier alpha value is -2.35. The van der Waals surface area contributed by atoms with Crippen LogP contribution in [0.25, 0.3) is 0 Å². The number of hydrogen-bond acceptors (Lipinski definition) is 5. The van der Waals surface area contributed by atoms with Gasteiger partial charge in [-0.3, -0.25) is 19.4 Å². The third-order valence-electron chi connectivity index (χ3n) is 4.47. The molecule has 2 N–H and O–H groups in total. The van der Waals surface area contributed by atoms with Crippen molar-refractivity contribution in [2.45, 2.75) is 38.4 Å².